The van der Waals surface area contributed by atoms with E-state index >= 15 is 0 Å². The van der Waals surface area contributed by atoms with E-state index in [0.29, 0.717) is 19.7 Å². The summed E-state index contributed by atoms with van der Waals surface area (Å²) in [5, 5.41) is 0. The van der Waals surface area contributed by atoms with Gasteiger partial charge in [0.25, 0.3) is 0 Å². The van der Waals surface area contributed by atoms with Gasteiger partial charge < -0.3 is 19.6 Å². The molecule has 2 N–H and O–H groups in total. The van der Waals surface area contributed by atoms with E-state index in [1.54, 1.807) is 12.4 Å². The second kappa shape index (κ2) is 16.9. The first-order valence-corrected chi connectivity index (χ1v) is 14.8. The summed E-state index contributed by atoms with van der Waals surface area (Å²) in [7, 11) is 2.03. The van der Waals surface area contributed by atoms with Crippen molar-refractivity contribution in [2.75, 3.05) is 33.3 Å². The van der Waals surface area contributed by atoms with Gasteiger partial charge in [0.15, 0.2) is 0 Å². The molecule has 0 amide bonds. The Kier molecular flexibility index (Phi) is 13.4. The summed E-state index contributed by atoms with van der Waals surface area (Å²) in [6.45, 7) is 14.3. The summed E-state index contributed by atoms with van der Waals surface area (Å²) < 4.78 is 5.46. The zero-order chi connectivity index (χ0) is 28.7. The standard InChI is InChI=1S/C31H49N7O2/c1-6-19-37(20-7-2)21-9-10-28(31(39)40-8-3)36(5)22-26-11-13-27(14-12-26)23-38(24-29-32-15-16-33-29)25(4)30-34-17-18-35-30/h11-18,25,28H,6-10,19-24H2,1-5H3,(H,32,33)(H,34,35)/t25?,28-/m0/s1. The second-order valence-corrected chi connectivity index (χ2v) is 10.6. The molecular weight excluding hydrogens is 502 g/mol. The highest BCUT2D eigenvalue weighted by Gasteiger charge is 2.25. The first-order chi connectivity index (χ1) is 19.4. The van der Waals surface area contributed by atoms with E-state index in [4.69, 9.17) is 4.74 Å². The number of carbonyl (C=O) groups excluding carboxylic acids is 1. The van der Waals surface area contributed by atoms with E-state index in [1.807, 2.05) is 26.4 Å². The Balaban J connectivity index is 1.62. The van der Waals surface area contributed by atoms with Gasteiger partial charge in [-0.25, -0.2) is 9.97 Å². The Bertz CT molecular complexity index is 1060. The number of nitrogens with zero attached hydrogens (tertiary/aromatic N) is 5. The molecule has 0 spiro atoms. The number of likely N-dealkylation sites (N-methyl/N-ethyl adjacent to an activating group) is 1. The van der Waals surface area contributed by atoms with Crippen molar-refractivity contribution in [3.8, 4) is 0 Å². The second-order valence-electron chi connectivity index (χ2n) is 10.6. The average molecular weight is 552 g/mol. The molecule has 0 aliphatic heterocycles. The lowest BCUT2D eigenvalue weighted by Gasteiger charge is -2.28. The Labute approximate surface area is 240 Å². The summed E-state index contributed by atoms with van der Waals surface area (Å²) in [5.41, 5.74) is 2.39. The fourth-order valence-corrected chi connectivity index (χ4v) is 5.20. The van der Waals surface area contributed by atoms with Crippen LogP contribution < -0.4 is 0 Å². The van der Waals surface area contributed by atoms with E-state index in [9.17, 15) is 4.79 Å². The van der Waals surface area contributed by atoms with Gasteiger partial charge in [-0.3, -0.25) is 14.6 Å². The minimum absolute atomic E-state index is 0.0989. The smallest absolute Gasteiger partial charge is 0.323 e. The molecule has 9 heteroatoms. The first-order valence-electron chi connectivity index (χ1n) is 14.8. The number of imidazole rings is 2. The van der Waals surface area contributed by atoms with Crippen LogP contribution in [-0.2, 0) is 29.2 Å². The van der Waals surface area contributed by atoms with E-state index < -0.39 is 0 Å². The zero-order valence-electron chi connectivity index (χ0n) is 25.1. The van der Waals surface area contributed by atoms with E-state index in [0.717, 1.165) is 63.5 Å². The van der Waals surface area contributed by atoms with Crippen molar-refractivity contribution in [1.82, 2.24) is 34.6 Å². The Hall–Kier alpha value is -3.01. The summed E-state index contributed by atoms with van der Waals surface area (Å²) in [6, 6.07) is 8.55. The number of esters is 1. The van der Waals surface area contributed by atoms with E-state index in [-0.39, 0.29) is 18.1 Å². The number of hydrogen-bond donors (Lipinski definition) is 2. The lowest BCUT2D eigenvalue weighted by Crippen LogP contribution is -2.40. The fraction of sp³-hybridized carbons (Fsp3) is 0.581. The van der Waals surface area contributed by atoms with Crippen molar-refractivity contribution in [2.45, 2.75) is 85.1 Å². The normalized spacial score (nSPS) is 13.3. The van der Waals surface area contributed by atoms with Crippen LogP contribution >= 0.6 is 0 Å². The number of rotatable bonds is 19. The van der Waals surface area contributed by atoms with Crippen molar-refractivity contribution < 1.29 is 9.53 Å². The van der Waals surface area contributed by atoms with Crippen LogP contribution in [0.5, 0.6) is 0 Å². The first kappa shape index (κ1) is 31.5. The van der Waals surface area contributed by atoms with Gasteiger partial charge in [-0.05, 0) is 77.3 Å². The number of hydrogen-bond acceptors (Lipinski definition) is 7. The van der Waals surface area contributed by atoms with Crippen LogP contribution in [0.15, 0.2) is 49.1 Å². The third-order valence-electron chi connectivity index (χ3n) is 7.33. The fourth-order valence-electron chi connectivity index (χ4n) is 5.20. The molecule has 40 heavy (non-hydrogen) atoms. The maximum atomic E-state index is 12.9. The van der Waals surface area contributed by atoms with Crippen LogP contribution in [0.3, 0.4) is 0 Å². The molecule has 0 fully saturated rings. The Morgan fingerprint density at radius 2 is 1.55 bits per heavy atom. The summed E-state index contributed by atoms with van der Waals surface area (Å²) in [6.07, 6.45) is 11.4. The van der Waals surface area contributed by atoms with Crippen LogP contribution in [0, 0.1) is 0 Å². The average Bonchev–Trinajstić information content (AvgIpc) is 3.66. The molecule has 0 aliphatic carbocycles. The number of aromatic amines is 2. The van der Waals surface area contributed by atoms with Crippen molar-refractivity contribution >= 4 is 5.97 Å². The van der Waals surface area contributed by atoms with Crippen molar-refractivity contribution in [1.29, 1.82) is 0 Å². The molecule has 2 aromatic heterocycles. The van der Waals surface area contributed by atoms with Crippen LogP contribution in [0.2, 0.25) is 0 Å². The zero-order valence-corrected chi connectivity index (χ0v) is 25.1. The van der Waals surface area contributed by atoms with Crippen LogP contribution in [-0.4, -0.2) is 79.9 Å². The highest BCUT2D eigenvalue weighted by Crippen LogP contribution is 2.22. The van der Waals surface area contributed by atoms with Gasteiger partial charge in [-0.15, -0.1) is 0 Å². The maximum absolute atomic E-state index is 12.9. The van der Waals surface area contributed by atoms with Gasteiger partial charge in [-0.1, -0.05) is 38.1 Å². The molecule has 0 bridgehead atoms. The molecule has 0 aliphatic rings. The molecule has 0 saturated heterocycles. The third-order valence-corrected chi connectivity index (χ3v) is 7.33. The highest BCUT2D eigenvalue weighted by atomic mass is 16.5. The van der Waals surface area contributed by atoms with Crippen molar-refractivity contribution in [3.63, 3.8) is 0 Å². The molecule has 3 rings (SSSR count). The number of benzene rings is 1. The van der Waals surface area contributed by atoms with Gasteiger partial charge in [0.2, 0.25) is 0 Å². The predicted molar refractivity (Wildman–Crippen MR) is 159 cm³/mol. The molecule has 9 nitrogen and oxygen atoms in total. The van der Waals surface area contributed by atoms with Crippen LogP contribution in [0.1, 0.15) is 82.2 Å². The van der Waals surface area contributed by atoms with Crippen LogP contribution in [0.25, 0.3) is 0 Å². The summed E-state index contributed by atoms with van der Waals surface area (Å²) >= 11 is 0. The number of H-pyrrole nitrogens is 2. The van der Waals surface area contributed by atoms with E-state index in [1.165, 1.54) is 11.1 Å². The molecule has 1 aromatic carbocycles. The Morgan fingerprint density at radius 1 is 0.900 bits per heavy atom. The van der Waals surface area contributed by atoms with Gasteiger partial charge in [0, 0.05) is 37.9 Å². The van der Waals surface area contributed by atoms with Gasteiger partial charge in [0.1, 0.15) is 17.7 Å². The minimum atomic E-state index is -0.248. The minimum Gasteiger partial charge on any atom is -0.465 e. The number of aromatic nitrogens is 4. The monoisotopic (exact) mass is 551 g/mol. The molecule has 3 aromatic rings. The van der Waals surface area contributed by atoms with Crippen molar-refractivity contribution in [2.24, 2.45) is 0 Å². The lowest BCUT2D eigenvalue weighted by atomic mass is 10.1. The molecule has 2 heterocycles. The largest absolute Gasteiger partial charge is 0.465 e. The molecule has 2 atom stereocenters. The third kappa shape index (κ3) is 9.87. The van der Waals surface area contributed by atoms with Gasteiger partial charge in [0.05, 0.1) is 19.2 Å². The van der Waals surface area contributed by atoms with Gasteiger partial charge >= 0.3 is 5.97 Å². The topological polar surface area (TPSA) is 93.4 Å². The summed E-state index contributed by atoms with van der Waals surface area (Å²) in [4.78, 5) is 35.2. The van der Waals surface area contributed by atoms with Crippen LogP contribution in [0.4, 0.5) is 0 Å². The quantitative estimate of drug-likeness (QED) is 0.199. The molecule has 220 valence electrons. The molecule has 0 saturated carbocycles. The number of carbonyl (C=O) groups is 1. The molecule has 0 radical (unpaired) electrons. The number of ether oxygens (including phenoxy) is 1. The van der Waals surface area contributed by atoms with Crippen molar-refractivity contribution in [3.05, 3.63) is 71.8 Å². The van der Waals surface area contributed by atoms with Gasteiger partial charge in [-0.2, -0.15) is 0 Å². The molecule has 1 unspecified atom stereocenters. The lowest BCUT2D eigenvalue weighted by molar-refractivity contribution is -0.149. The number of nitrogens with one attached hydrogen (secondary N) is 2. The summed E-state index contributed by atoms with van der Waals surface area (Å²) in [5.74, 6) is 1.73. The highest BCUT2D eigenvalue weighted by molar-refractivity contribution is 5.75. The maximum Gasteiger partial charge on any atom is 0.323 e. The molecular formula is C31H49N7O2. The SMILES string of the molecule is CCCN(CCC)CCC[C@@H](C(=O)OCC)N(C)Cc1ccc(CN(Cc2ncc[nH]2)C(C)c2ncc[nH]2)cc1. The Morgan fingerprint density at radius 3 is 2.12 bits per heavy atom. The van der Waals surface area contributed by atoms with E-state index in [2.05, 4.69) is 79.7 Å². The predicted octanol–water partition coefficient (Wildman–Crippen LogP) is 5.16.